The lowest BCUT2D eigenvalue weighted by atomic mass is 10.0. The van der Waals surface area contributed by atoms with Crippen molar-refractivity contribution < 1.29 is 19.4 Å². The van der Waals surface area contributed by atoms with Crippen molar-refractivity contribution in [1.29, 1.82) is 0 Å². The van der Waals surface area contributed by atoms with Gasteiger partial charge in [-0.1, -0.05) is 0 Å². The highest BCUT2D eigenvalue weighted by Crippen LogP contribution is 2.39. The van der Waals surface area contributed by atoms with E-state index in [1.165, 1.54) is 16.7 Å². The Bertz CT molecular complexity index is 683. The number of hydrogen-bond acceptors (Lipinski definition) is 5. The summed E-state index contributed by atoms with van der Waals surface area (Å²) in [5, 5.41) is 12.3. The predicted molar refractivity (Wildman–Crippen MR) is 80.9 cm³/mol. The van der Waals surface area contributed by atoms with Gasteiger partial charge in [-0.3, -0.25) is 9.69 Å². The minimum atomic E-state index is -1.08. The van der Waals surface area contributed by atoms with Crippen LogP contribution < -0.4 is 15.7 Å². The molecule has 1 saturated heterocycles. The first kappa shape index (κ1) is 14.9. The molecule has 0 aliphatic carbocycles. The zero-order chi connectivity index (χ0) is 16.0. The summed E-state index contributed by atoms with van der Waals surface area (Å²) in [5.41, 5.74) is 6.53. The van der Waals surface area contributed by atoms with Gasteiger partial charge in [-0.05, 0) is 0 Å². The van der Waals surface area contributed by atoms with E-state index in [4.69, 9.17) is 5.73 Å². The molecule has 0 aromatic carbocycles. The van der Waals surface area contributed by atoms with Crippen molar-refractivity contribution >= 4 is 29.5 Å². The van der Waals surface area contributed by atoms with Gasteiger partial charge in [0.2, 0.25) is 5.91 Å². The summed E-state index contributed by atoms with van der Waals surface area (Å²) in [6.07, 6.45) is 1.87. The number of anilines is 1. The number of aliphatic carboxylic acids is 1. The lowest BCUT2D eigenvalue weighted by Gasteiger charge is -2.47. The van der Waals surface area contributed by atoms with Crippen LogP contribution >= 0.6 is 11.8 Å². The third-order valence-corrected chi connectivity index (χ3v) is 5.40. The van der Waals surface area contributed by atoms with Gasteiger partial charge in [0.05, 0.1) is 13.1 Å². The Hall–Kier alpha value is -2.00. The fourth-order valence-electron chi connectivity index (χ4n) is 2.80. The molecule has 0 unspecified atom stereocenters. The lowest BCUT2D eigenvalue weighted by Crippen LogP contribution is -2.68. The molecule has 1 aromatic heterocycles. The van der Waals surface area contributed by atoms with Crippen LogP contribution in [-0.2, 0) is 23.2 Å². The summed E-state index contributed by atoms with van der Waals surface area (Å²) >= 11 is 1.51. The van der Waals surface area contributed by atoms with E-state index >= 15 is 0 Å². The number of carboxylic acids is 1. The van der Waals surface area contributed by atoms with Crippen LogP contribution in [0.5, 0.6) is 0 Å². The average Bonchev–Trinajstić information content (AvgIpc) is 2.86. The molecule has 0 spiro atoms. The number of nitrogens with zero attached hydrogens (tertiary/aromatic N) is 3. The standard InChI is InChI=1S/C13H17N5O3S/c1-15-8-3-4-17(16(8)2)5-7-6-22-12-9(14)11(19)18(12)10(7)13(20)21/h3-4,9,12H,5-6,14H2,1-2H3,(H,20,21)/p+1/t9-,12-/m1/s1. The maximum Gasteiger partial charge on any atom is 0.352 e. The Labute approximate surface area is 131 Å². The maximum atomic E-state index is 11.9. The molecule has 118 valence electrons. The van der Waals surface area contributed by atoms with Gasteiger partial charge in [-0.2, -0.15) is 0 Å². The van der Waals surface area contributed by atoms with Crippen molar-refractivity contribution in [2.24, 2.45) is 12.8 Å². The van der Waals surface area contributed by atoms with Crippen LogP contribution in [0.25, 0.3) is 0 Å². The van der Waals surface area contributed by atoms with Crippen LogP contribution in [0.15, 0.2) is 23.5 Å². The van der Waals surface area contributed by atoms with Crippen LogP contribution in [0.4, 0.5) is 5.82 Å². The van der Waals surface area contributed by atoms with Crippen molar-refractivity contribution in [1.82, 2.24) is 9.58 Å². The van der Waals surface area contributed by atoms with Gasteiger partial charge in [0.15, 0.2) is 18.6 Å². The zero-order valence-electron chi connectivity index (χ0n) is 12.3. The quantitative estimate of drug-likeness (QED) is 0.481. The van der Waals surface area contributed by atoms with Crippen molar-refractivity contribution in [2.75, 3.05) is 18.1 Å². The number of fused-ring (bicyclic) bond motifs is 1. The molecule has 8 nitrogen and oxygen atoms in total. The predicted octanol–water partition coefficient (Wildman–Crippen LogP) is -1.06. The highest BCUT2D eigenvalue weighted by Gasteiger charge is 2.52. The van der Waals surface area contributed by atoms with Crippen molar-refractivity contribution in [2.45, 2.75) is 18.0 Å². The molecule has 2 aliphatic heterocycles. The molecule has 3 rings (SSSR count). The second-order valence-electron chi connectivity index (χ2n) is 5.27. The van der Waals surface area contributed by atoms with Gasteiger partial charge in [0, 0.05) is 18.4 Å². The van der Waals surface area contributed by atoms with E-state index in [2.05, 4.69) is 5.32 Å². The molecule has 3 heterocycles. The molecule has 1 aromatic rings. The van der Waals surface area contributed by atoms with Gasteiger partial charge >= 0.3 is 5.97 Å². The molecule has 4 N–H and O–H groups in total. The number of rotatable bonds is 4. The Kier molecular flexibility index (Phi) is 3.61. The molecule has 0 radical (unpaired) electrons. The second kappa shape index (κ2) is 5.33. The minimum Gasteiger partial charge on any atom is -0.477 e. The van der Waals surface area contributed by atoms with E-state index in [0.29, 0.717) is 17.9 Å². The summed E-state index contributed by atoms with van der Waals surface area (Å²) in [7, 11) is 3.71. The van der Waals surface area contributed by atoms with E-state index in [0.717, 1.165) is 5.82 Å². The number of β-lactam (4-membered cyclic amide) rings is 1. The summed E-state index contributed by atoms with van der Waals surface area (Å²) in [6.45, 7) is 0.415. The summed E-state index contributed by atoms with van der Waals surface area (Å²) in [4.78, 5) is 24.8. The molecule has 1 fully saturated rings. The molecule has 22 heavy (non-hydrogen) atoms. The van der Waals surface area contributed by atoms with Gasteiger partial charge < -0.3 is 16.2 Å². The average molecular weight is 324 g/mol. The van der Waals surface area contributed by atoms with Crippen LogP contribution in [0, 0.1) is 0 Å². The highest BCUT2D eigenvalue weighted by molar-refractivity contribution is 8.00. The monoisotopic (exact) mass is 324 g/mol. The van der Waals surface area contributed by atoms with Gasteiger partial charge in [0.25, 0.3) is 0 Å². The van der Waals surface area contributed by atoms with E-state index in [-0.39, 0.29) is 17.0 Å². The minimum absolute atomic E-state index is 0.0788. The Morgan fingerprint density at radius 1 is 1.64 bits per heavy atom. The number of nitrogens with one attached hydrogen (secondary N) is 1. The Balaban J connectivity index is 1.95. The number of carbonyl (C=O) groups is 2. The number of hydrogen-bond donors (Lipinski definition) is 3. The van der Waals surface area contributed by atoms with Gasteiger partial charge in [0.1, 0.15) is 17.1 Å². The first-order valence-electron chi connectivity index (χ1n) is 6.84. The van der Waals surface area contributed by atoms with Crippen molar-refractivity contribution in [3.8, 4) is 0 Å². The fourth-order valence-corrected chi connectivity index (χ4v) is 4.09. The molecular formula is C13H18N5O3S+. The molecule has 0 saturated carbocycles. The van der Waals surface area contributed by atoms with E-state index < -0.39 is 12.0 Å². The normalized spacial score (nSPS) is 24.1. The molecule has 1 amide bonds. The van der Waals surface area contributed by atoms with Crippen molar-refractivity contribution in [3.63, 3.8) is 0 Å². The Morgan fingerprint density at radius 3 is 2.95 bits per heavy atom. The maximum absolute atomic E-state index is 11.9. The number of thioether (sulfide) groups is 1. The molecule has 2 atom stereocenters. The summed E-state index contributed by atoms with van der Waals surface area (Å²) in [6, 6.07) is 1.31. The third kappa shape index (κ3) is 2.08. The highest BCUT2D eigenvalue weighted by atomic mass is 32.2. The SMILES string of the molecule is CNc1cc[n+](CC2=C(C(=O)O)N3C(=O)[C@@H](N)[C@H]3SC2)n1C. The number of aromatic nitrogens is 2. The van der Waals surface area contributed by atoms with Crippen LogP contribution in [-0.4, -0.2) is 50.8 Å². The first-order chi connectivity index (χ1) is 10.5. The van der Waals surface area contributed by atoms with Crippen LogP contribution in [0.3, 0.4) is 0 Å². The van der Waals surface area contributed by atoms with Crippen molar-refractivity contribution in [3.05, 3.63) is 23.5 Å². The smallest absolute Gasteiger partial charge is 0.352 e. The summed E-state index contributed by atoms with van der Waals surface area (Å²) in [5.74, 6) is 0.0709. The zero-order valence-corrected chi connectivity index (χ0v) is 13.1. The lowest BCUT2D eigenvalue weighted by molar-refractivity contribution is -0.765. The van der Waals surface area contributed by atoms with Crippen LogP contribution in [0.2, 0.25) is 0 Å². The van der Waals surface area contributed by atoms with E-state index in [9.17, 15) is 14.7 Å². The fraction of sp³-hybridized carbons (Fsp3) is 0.462. The Morgan fingerprint density at radius 2 is 2.36 bits per heavy atom. The molecule has 9 heteroatoms. The second-order valence-corrected chi connectivity index (χ2v) is 6.37. The largest absolute Gasteiger partial charge is 0.477 e. The van der Waals surface area contributed by atoms with Gasteiger partial charge in [-0.25, -0.2) is 4.79 Å². The molecule has 2 aliphatic rings. The molecular weight excluding hydrogens is 306 g/mol. The van der Waals surface area contributed by atoms with Gasteiger partial charge in [-0.15, -0.1) is 21.1 Å². The number of nitrogens with two attached hydrogens (primary N) is 1. The number of amides is 1. The third-order valence-electron chi connectivity index (χ3n) is 4.04. The van der Waals surface area contributed by atoms with Crippen LogP contribution in [0.1, 0.15) is 0 Å². The van der Waals surface area contributed by atoms with E-state index in [1.54, 1.807) is 0 Å². The number of carbonyl (C=O) groups excluding carboxylic acids is 1. The number of carboxylic acid groups (broad SMARTS) is 1. The molecule has 0 bridgehead atoms. The summed E-state index contributed by atoms with van der Waals surface area (Å²) < 4.78 is 3.79. The van der Waals surface area contributed by atoms with E-state index in [1.807, 2.05) is 35.7 Å². The topological polar surface area (TPSA) is 104 Å². The first-order valence-corrected chi connectivity index (χ1v) is 7.89.